The topological polar surface area (TPSA) is 26.3 Å². The summed E-state index contributed by atoms with van der Waals surface area (Å²) in [6.45, 7) is 0.582. The van der Waals surface area contributed by atoms with E-state index >= 15 is 0 Å². The summed E-state index contributed by atoms with van der Waals surface area (Å²) in [7, 11) is 1.26. The van der Waals surface area contributed by atoms with Crippen molar-refractivity contribution >= 4 is 13.2 Å². The van der Waals surface area contributed by atoms with Crippen molar-refractivity contribution in [1.29, 1.82) is 0 Å². The van der Waals surface area contributed by atoms with Gasteiger partial charge in [0.2, 0.25) is 0 Å². The summed E-state index contributed by atoms with van der Waals surface area (Å²) in [5.41, 5.74) is 0.106. The van der Waals surface area contributed by atoms with Crippen molar-refractivity contribution < 1.29 is 9.45 Å². The van der Waals surface area contributed by atoms with Crippen molar-refractivity contribution in [3.63, 3.8) is 0 Å². The average Bonchev–Trinajstić information content (AvgIpc) is 1.86. The van der Waals surface area contributed by atoms with E-state index in [-0.39, 0.29) is 5.68 Å². The molecule has 0 spiro atoms. The highest BCUT2D eigenvalue weighted by Crippen LogP contribution is 1.91. The second-order valence-electron chi connectivity index (χ2n) is 1.20. The Kier molecular flexibility index (Phi) is 0.923. The summed E-state index contributed by atoms with van der Waals surface area (Å²) in [5.74, 6) is 0. The Hall–Kier alpha value is -0.305. The molecule has 2 nitrogen and oxygen atoms in total. The number of hydrogen-bond donors (Lipinski definition) is 0. The molecule has 0 aromatic heterocycles. The van der Waals surface area contributed by atoms with Gasteiger partial charge in [-0.05, 0) is 0 Å². The normalized spacial score (nSPS) is 21.0. The molecule has 0 bridgehead atoms. The molecule has 0 amide bonds. The molecule has 1 aliphatic rings. The van der Waals surface area contributed by atoms with Crippen LogP contribution in [-0.2, 0) is 9.45 Å². The maximum absolute atomic E-state index is 10.1. The van der Waals surface area contributed by atoms with E-state index in [1.165, 1.54) is 7.48 Å². The van der Waals surface area contributed by atoms with Crippen LogP contribution < -0.4 is 0 Å². The van der Waals surface area contributed by atoms with Crippen molar-refractivity contribution in [2.24, 2.45) is 0 Å². The minimum atomic E-state index is 0.106. The molecule has 0 saturated carbocycles. The molecule has 0 aromatic carbocycles. The fourth-order valence-corrected chi connectivity index (χ4v) is 0.370. The standard InChI is InChI=1S/C3H4BO2/c5-3-1-2-6-4-3/h1-2H2. The second-order valence-corrected chi connectivity index (χ2v) is 1.20. The van der Waals surface area contributed by atoms with Crippen LogP contribution in [0.25, 0.3) is 0 Å². The molecule has 1 heterocycles. The van der Waals surface area contributed by atoms with Crippen LogP contribution in [-0.4, -0.2) is 19.8 Å². The lowest BCUT2D eigenvalue weighted by molar-refractivity contribution is -0.111. The molecule has 0 aromatic rings. The van der Waals surface area contributed by atoms with E-state index in [9.17, 15) is 4.79 Å². The van der Waals surface area contributed by atoms with Crippen molar-refractivity contribution in [2.45, 2.75) is 6.42 Å². The average molecular weight is 82.9 g/mol. The van der Waals surface area contributed by atoms with Crippen molar-refractivity contribution in [2.75, 3.05) is 6.61 Å². The molecule has 6 heavy (non-hydrogen) atoms. The third-order valence-corrected chi connectivity index (χ3v) is 0.681. The maximum Gasteiger partial charge on any atom is 0.376 e. The smallest absolute Gasteiger partial charge is 0.376 e. The molecule has 1 fully saturated rings. The van der Waals surface area contributed by atoms with Crippen LogP contribution >= 0.6 is 0 Å². The lowest BCUT2D eigenvalue weighted by Crippen LogP contribution is -1.97. The molecule has 1 radical (unpaired) electrons. The summed E-state index contributed by atoms with van der Waals surface area (Å²) in [6, 6.07) is 0. The number of rotatable bonds is 0. The summed E-state index contributed by atoms with van der Waals surface area (Å²) in [4.78, 5) is 10.1. The van der Waals surface area contributed by atoms with Crippen LogP contribution in [0.4, 0.5) is 0 Å². The van der Waals surface area contributed by atoms with Gasteiger partial charge in [-0.2, -0.15) is 0 Å². The van der Waals surface area contributed by atoms with Gasteiger partial charge in [-0.3, -0.25) is 0 Å². The lowest BCUT2D eigenvalue weighted by atomic mass is 9.95. The van der Waals surface area contributed by atoms with Gasteiger partial charge in [0, 0.05) is 13.0 Å². The Balaban J connectivity index is 2.37. The van der Waals surface area contributed by atoms with E-state index in [2.05, 4.69) is 4.65 Å². The summed E-state index contributed by atoms with van der Waals surface area (Å²) in [5, 5.41) is 0. The fourth-order valence-electron chi connectivity index (χ4n) is 0.370. The molecule has 1 rings (SSSR count). The van der Waals surface area contributed by atoms with Crippen LogP contribution in [0.1, 0.15) is 6.42 Å². The Morgan fingerprint density at radius 1 is 1.83 bits per heavy atom. The molecule has 1 aliphatic heterocycles. The molecular weight excluding hydrogens is 78.8 g/mol. The molecule has 0 atom stereocenters. The third-order valence-electron chi connectivity index (χ3n) is 0.681. The predicted octanol–water partition coefficient (Wildman–Crippen LogP) is -0.448. The Labute approximate surface area is 36.8 Å². The highest BCUT2D eigenvalue weighted by Gasteiger charge is 2.11. The zero-order chi connectivity index (χ0) is 4.41. The first-order chi connectivity index (χ1) is 2.89. The van der Waals surface area contributed by atoms with Crippen LogP contribution in [0.15, 0.2) is 0 Å². The van der Waals surface area contributed by atoms with Crippen LogP contribution in [0.2, 0.25) is 0 Å². The molecule has 3 heteroatoms. The maximum atomic E-state index is 10.1. The Morgan fingerprint density at radius 3 is 2.83 bits per heavy atom. The largest absolute Gasteiger partial charge is 0.431 e. The van der Waals surface area contributed by atoms with E-state index in [1.54, 1.807) is 0 Å². The minimum Gasteiger partial charge on any atom is -0.431 e. The SMILES string of the molecule is O=C1[B]OCC1. The highest BCUT2D eigenvalue weighted by molar-refractivity contribution is 6.70. The van der Waals surface area contributed by atoms with Gasteiger partial charge in [-0.15, -0.1) is 0 Å². The Bertz CT molecular complexity index is 63.2. The van der Waals surface area contributed by atoms with E-state index in [4.69, 9.17) is 0 Å². The first kappa shape index (κ1) is 3.87. The quantitative estimate of drug-likeness (QED) is 0.371. The second kappa shape index (κ2) is 1.43. The predicted molar refractivity (Wildman–Crippen MR) is 21.3 cm³/mol. The van der Waals surface area contributed by atoms with Crippen molar-refractivity contribution in [3.05, 3.63) is 0 Å². The third kappa shape index (κ3) is 0.599. The van der Waals surface area contributed by atoms with Gasteiger partial charge >= 0.3 is 7.48 Å². The zero-order valence-electron chi connectivity index (χ0n) is 3.31. The zero-order valence-corrected chi connectivity index (χ0v) is 3.31. The van der Waals surface area contributed by atoms with Gasteiger partial charge in [0.15, 0.2) is 0 Å². The summed E-state index contributed by atoms with van der Waals surface area (Å²) in [6.07, 6.45) is 0.569. The minimum absolute atomic E-state index is 0.106. The van der Waals surface area contributed by atoms with Gasteiger partial charge in [0.05, 0.1) is 0 Å². The summed E-state index contributed by atoms with van der Waals surface area (Å²) >= 11 is 0. The lowest BCUT2D eigenvalue weighted by Gasteiger charge is -1.74. The van der Waals surface area contributed by atoms with Gasteiger partial charge in [0.25, 0.3) is 0 Å². The highest BCUT2D eigenvalue weighted by atomic mass is 16.4. The van der Waals surface area contributed by atoms with Crippen molar-refractivity contribution in [1.82, 2.24) is 0 Å². The summed E-state index contributed by atoms with van der Waals surface area (Å²) < 4.78 is 4.58. The monoisotopic (exact) mass is 83.0 g/mol. The molecule has 31 valence electrons. The van der Waals surface area contributed by atoms with Gasteiger partial charge in [-0.25, -0.2) is 0 Å². The van der Waals surface area contributed by atoms with E-state index in [0.717, 1.165) is 0 Å². The van der Waals surface area contributed by atoms with Crippen LogP contribution in [0.3, 0.4) is 0 Å². The molecule has 0 N–H and O–H groups in total. The van der Waals surface area contributed by atoms with Gasteiger partial charge in [-0.1, -0.05) is 0 Å². The Morgan fingerprint density at radius 2 is 2.67 bits per heavy atom. The molecular formula is C3H4BO2. The first-order valence-corrected chi connectivity index (χ1v) is 1.87. The fraction of sp³-hybridized carbons (Fsp3) is 0.667. The molecule has 1 saturated heterocycles. The molecule has 0 aliphatic carbocycles. The van der Waals surface area contributed by atoms with E-state index in [0.29, 0.717) is 13.0 Å². The molecule has 0 unspecified atom stereocenters. The van der Waals surface area contributed by atoms with E-state index in [1.807, 2.05) is 0 Å². The number of hydrogen-bond acceptors (Lipinski definition) is 2. The first-order valence-electron chi connectivity index (χ1n) is 1.87. The van der Waals surface area contributed by atoms with Gasteiger partial charge < -0.3 is 9.45 Å². The van der Waals surface area contributed by atoms with Crippen LogP contribution in [0, 0.1) is 0 Å². The number of carbonyl (C=O) groups excluding carboxylic acids is 1. The van der Waals surface area contributed by atoms with Gasteiger partial charge in [0.1, 0.15) is 5.68 Å². The van der Waals surface area contributed by atoms with E-state index < -0.39 is 0 Å². The van der Waals surface area contributed by atoms with Crippen LogP contribution in [0.5, 0.6) is 0 Å². The number of carbonyl (C=O) groups is 1. The van der Waals surface area contributed by atoms with Crippen molar-refractivity contribution in [3.8, 4) is 0 Å².